The van der Waals surface area contributed by atoms with Gasteiger partial charge in [-0.2, -0.15) is 5.10 Å². The topological polar surface area (TPSA) is 125 Å². The highest BCUT2D eigenvalue weighted by molar-refractivity contribution is 5.99. The van der Waals surface area contributed by atoms with Crippen LogP contribution in [0.4, 0.5) is 0 Å². The maximum absolute atomic E-state index is 11.7. The largest absolute Gasteiger partial charge is 0.508 e. The first-order chi connectivity index (χ1) is 13.0. The number of rotatable bonds is 4. The first kappa shape index (κ1) is 16.8. The molecule has 2 aromatic carbocycles. The minimum absolute atomic E-state index is 0.0302. The average molecular weight is 368 g/mol. The molecule has 0 fully saturated rings. The van der Waals surface area contributed by atoms with Crippen molar-refractivity contribution < 1.29 is 29.6 Å². The van der Waals surface area contributed by atoms with Gasteiger partial charge in [-0.15, -0.1) is 0 Å². The highest BCUT2D eigenvalue weighted by atomic mass is 16.7. The van der Waals surface area contributed by atoms with Crippen LogP contribution in [0, 0.1) is 0 Å². The number of hydrogen-bond acceptors (Lipinski definition) is 6. The second kappa shape index (κ2) is 6.24. The zero-order valence-corrected chi connectivity index (χ0v) is 14.3. The Morgan fingerprint density at radius 1 is 1.15 bits per heavy atom. The standard InChI is InChI=1S/C19H16N2O6/c1-2-9-5-11(13(23)7-12(9)22)17-16(18(19(24)25)21-20-17)10-3-4-14-15(6-10)27-8-26-14/h3-7,22-23H,2,8H2,1H3,(H,20,21)(H,24,25). The molecule has 2 heterocycles. The molecule has 8 nitrogen and oxygen atoms in total. The van der Waals surface area contributed by atoms with E-state index in [1.54, 1.807) is 24.3 Å². The summed E-state index contributed by atoms with van der Waals surface area (Å²) in [5.41, 5.74) is 1.93. The number of phenolic OH excluding ortho intramolecular Hbond substituents is 2. The molecule has 0 radical (unpaired) electrons. The Labute approximate surface area is 153 Å². The van der Waals surface area contributed by atoms with E-state index in [4.69, 9.17) is 9.47 Å². The number of H-pyrrole nitrogens is 1. The molecule has 3 aromatic rings. The molecule has 1 aliphatic heterocycles. The van der Waals surface area contributed by atoms with E-state index in [2.05, 4.69) is 10.2 Å². The van der Waals surface area contributed by atoms with Crippen LogP contribution in [0.1, 0.15) is 23.0 Å². The molecule has 27 heavy (non-hydrogen) atoms. The number of aromatic hydroxyl groups is 2. The van der Waals surface area contributed by atoms with E-state index in [1.165, 1.54) is 6.07 Å². The van der Waals surface area contributed by atoms with Crippen molar-refractivity contribution in [3.8, 4) is 45.4 Å². The number of hydrogen-bond donors (Lipinski definition) is 4. The fourth-order valence-corrected chi connectivity index (χ4v) is 3.12. The lowest BCUT2D eigenvalue weighted by Gasteiger charge is -2.10. The molecule has 0 atom stereocenters. The summed E-state index contributed by atoms with van der Waals surface area (Å²) in [6.45, 7) is 1.96. The van der Waals surface area contributed by atoms with E-state index in [9.17, 15) is 20.1 Å². The molecule has 0 saturated carbocycles. The molecular formula is C19H16N2O6. The van der Waals surface area contributed by atoms with Crippen molar-refractivity contribution in [2.45, 2.75) is 13.3 Å². The number of aromatic carboxylic acids is 1. The van der Waals surface area contributed by atoms with Crippen molar-refractivity contribution >= 4 is 5.97 Å². The number of nitrogens with zero attached hydrogens (tertiary/aromatic N) is 1. The lowest BCUT2D eigenvalue weighted by molar-refractivity contribution is 0.0691. The van der Waals surface area contributed by atoms with Crippen molar-refractivity contribution in [2.24, 2.45) is 0 Å². The van der Waals surface area contributed by atoms with Crippen molar-refractivity contribution in [1.29, 1.82) is 0 Å². The van der Waals surface area contributed by atoms with Gasteiger partial charge in [-0.3, -0.25) is 5.10 Å². The van der Waals surface area contributed by atoms with E-state index in [1.807, 2.05) is 6.92 Å². The number of phenols is 2. The number of aromatic nitrogens is 2. The zero-order chi connectivity index (χ0) is 19.1. The summed E-state index contributed by atoms with van der Waals surface area (Å²) < 4.78 is 10.7. The van der Waals surface area contributed by atoms with Crippen molar-refractivity contribution in [2.75, 3.05) is 6.79 Å². The molecule has 0 aliphatic carbocycles. The Bertz CT molecular complexity index is 1060. The molecule has 0 spiro atoms. The van der Waals surface area contributed by atoms with Gasteiger partial charge in [0.1, 0.15) is 17.2 Å². The Hall–Kier alpha value is -3.68. The summed E-state index contributed by atoms with van der Waals surface area (Å²) >= 11 is 0. The van der Waals surface area contributed by atoms with Crippen molar-refractivity contribution in [3.05, 3.63) is 41.6 Å². The Balaban J connectivity index is 1.95. The third-order valence-electron chi connectivity index (χ3n) is 4.47. The van der Waals surface area contributed by atoms with E-state index in [0.717, 1.165) is 0 Å². The molecule has 4 N–H and O–H groups in total. The highest BCUT2D eigenvalue weighted by Gasteiger charge is 2.25. The molecule has 4 rings (SSSR count). The van der Waals surface area contributed by atoms with Crippen LogP contribution in [-0.2, 0) is 6.42 Å². The van der Waals surface area contributed by atoms with E-state index >= 15 is 0 Å². The number of aromatic amines is 1. The molecule has 0 amide bonds. The SMILES string of the molecule is CCc1cc(-c2n[nH]c(C(=O)O)c2-c2ccc3c(c2)OCO3)c(O)cc1O. The predicted octanol–water partition coefficient (Wildman–Crippen LogP) is 3.14. The maximum Gasteiger partial charge on any atom is 0.354 e. The summed E-state index contributed by atoms with van der Waals surface area (Å²) in [6.07, 6.45) is 0.536. The first-order valence-electron chi connectivity index (χ1n) is 8.26. The second-order valence-corrected chi connectivity index (χ2v) is 6.05. The van der Waals surface area contributed by atoms with E-state index in [-0.39, 0.29) is 29.7 Å². The number of carboxylic acids is 1. The highest BCUT2D eigenvalue weighted by Crippen LogP contribution is 2.43. The van der Waals surface area contributed by atoms with Gasteiger partial charge >= 0.3 is 5.97 Å². The number of nitrogens with one attached hydrogen (secondary N) is 1. The fourth-order valence-electron chi connectivity index (χ4n) is 3.12. The molecule has 8 heteroatoms. The van der Waals surface area contributed by atoms with Crippen molar-refractivity contribution in [1.82, 2.24) is 10.2 Å². The summed E-state index contributed by atoms with van der Waals surface area (Å²) in [4.78, 5) is 11.7. The quantitative estimate of drug-likeness (QED) is 0.557. The lowest BCUT2D eigenvalue weighted by atomic mass is 9.96. The Kier molecular flexibility index (Phi) is 3.88. The monoisotopic (exact) mass is 368 g/mol. The van der Waals surface area contributed by atoms with Gasteiger partial charge in [0.25, 0.3) is 0 Å². The normalized spacial score (nSPS) is 12.3. The number of carboxylic acid groups (broad SMARTS) is 1. The van der Waals surface area contributed by atoms with E-state index < -0.39 is 5.97 Å². The van der Waals surface area contributed by atoms with Crippen LogP contribution in [-0.4, -0.2) is 38.3 Å². The van der Waals surface area contributed by atoms with Gasteiger partial charge in [0.05, 0.1) is 0 Å². The van der Waals surface area contributed by atoms with Gasteiger partial charge < -0.3 is 24.8 Å². The molecule has 1 aromatic heterocycles. The first-order valence-corrected chi connectivity index (χ1v) is 8.26. The minimum Gasteiger partial charge on any atom is -0.508 e. The van der Waals surface area contributed by atoms with Crippen LogP contribution >= 0.6 is 0 Å². The molecule has 1 aliphatic rings. The summed E-state index contributed by atoms with van der Waals surface area (Å²) in [6, 6.07) is 7.89. The molecule has 138 valence electrons. The number of benzene rings is 2. The summed E-state index contributed by atoms with van der Waals surface area (Å²) in [7, 11) is 0. The number of carbonyl (C=O) groups is 1. The summed E-state index contributed by atoms with van der Waals surface area (Å²) in [5.74, 6) is -0.343. The van der Waals surface area contributed by atoms with Gasteiger partial charge in [-0.05, 0) is 35.7 Å². The predicted molar refractivity (Wildman–Crippen MR) is 95.2 cm³/mol. The molecule has 0 bridgehead atoms. The van der Waals surface area contributed by atoms with Gasteiger partial charge in [-0.25, -0.2) is 4.79 Å². The second-order valence-electron chi connectivity index (χ2n) is 6.05. The maximum atomic E-state index is 11.7. The Morgan fingerprint density at radius 3 is 2.67 bits per heavy atom. The molecule has 0 unspecified atom stereocenters. The average Bonchev–Trinajstić information content (AvgIpc) is 3.28. The smallest absolute Gasteiger partial charge is 0.354 e. The van der Waals surface area contributed by atoms with Crippen molar-refractivity contribution in [3.63, 3.8) is 0 Å². The minimum atomic E-state index is -1.18. The van der Waals surface area contributed by atoms with E-state index in [0.29, 0.717) is 40.2 Å². The molecule has 0 saturated heterocycles. The third kappa shape index (κ3) is 2.71. The number of aryl methyl sites for hydroxylation is 1. The van der Waals surface area contributed by atoms with Crippen LogP contribution in [0.25, 0.3) is 22.4 Å². The van der Waals surface area contributed by atoms with Gasteiger partial charge in [0.2, 0.25) is 6.79 Å². The van der Waals surface area contributed by atoms with Gasteiger partial charge in [-0.1, -0.05) is 13.0 Å². The van der Waals surface area contributed by atoms with Crippen LogP contribution in [0.15, 0.2) is 30.3 Å². The number of ether oxygens (including phenoxy) is 2. The van der Waals surface area contributed by atoms with Crippen LogP contribution in [0.2, 0.25) is 0 Å². The molecular weight excluding hydrogens is 352 g/mol. The summed E-state index contributed by atoms with van der Waals surface area (Å²) in [5, 5.41) is 36.5. The number of fused-ring (bicyclic) bond motifs is 1. The Morgan fingerprint density at radius 2 is 1.93 bits per heavy atom. The van der Waals surface area contributed by atoms with Gasteiger partial charge in [0, 0.05) is 17.2 Å². The van der Waals surface area contributed by atoms with Crippen LogP contribution in [0.3, 0.4) is 0 Å². The lowest BCUT2D eigenvalue weighted by Crippen LogP contribution is -1.99. The zero-order valence-electron chi connectivity index (χ0n) is 14.3. The van der Waals surface area contributed by atoms with Crippen LogP contribution in [0.5, 0.6) is 23.0 Å². The third-order valence-corrected chi connectivity index (χ3v) is 4.47. The van der Waals surface area contributed by atoms with Gasteiger partial charge in [0.15, 0.2) is 17.2 Å². The van der Waals surface area contributed by atoms with Crippen LogP contribution < -0.4 is 9.47 Å². The fraction of sp³-hybridized carbons (Fsp3) is 0.158.